The van der Waals surface area contributed by atoms with Gasteiger partial charge in [-0.2, -0.15) is 15.0 Å². The molecule has 0 aromatic carbocycles. The number of hydrogen-bond acceptors (Lipinski definition) is 3. The standard InChI is InChI=1S/C10H17N3O/c1-13-11-7-9(12-13)6-10(8-14)4-2-3-5-10/h7,14H,2-6,8H2,1H3. The monoisotopic (exact) mass is 195 g/mol. The molecule has 2 rings (SSSR count). The topological polar surface area (TPSA) is 50.9 Å². The molecule has 0 bridgehead atoms. The molecule has 4 heteroatoms. The molecule has 0 atom stereocenters. The molecule has 0 saturated heterocycles. The molecule has 0 spiro atoms. The second-order valence-corrected chi connectivity index (χ2v) is 4.37. The zero-order valence-electron chi connectivity index (χ0n) is 8.61. The van der Waals surface area contributed by atoms with E-state index in [1.54, 1.807) is 11.0 Å². The first-order valence-corrected chi connectivity index (χ1v) is 5.20. The Hall–Kier alpha value is -0.900. The summed E-state index contributed by atoms with van der Waals surface area (Å²) in [5.41, 5.74) is 1.10. The molecular weight excluding hydrogens is 178 g/mol. The lowest BCUT2D eigenvalue weighted by atomic mass is 9.83. The van der Waals surface area contributed by atoms with E-state index in [4.69, 9.17) is 0 Å². The summed E-state index contributed by atoms with van der Waals surface area (Å²) in [5.74, 6) is 0. The van der Waals surface area contributed by atoms with Gasteiger partial charge < -0.3 is 5.11 Å². The fourth-order valence-electron chi connectivity index (χ4n) is 2.37. The van der Waals surface area contributed by atoms with Gasteiger partial charge in [-0.05, 0) is 18.3 Å². The Balaban J connectivity index is 2.08. The van der Waals surface area contributed by atoms with Crippen molar-refractivity contribution >= 4 is 0 Å². The van der Waals surface area contributed by atoms with Crippen LogP contribution in [0.2, 0.25) is 0 Å². The number of rotatable bonds is 3. The largest absolute Gasteiger partial charge is 0.396 e. The Bertz CT molecular complexity index is 302. The van der Waals surface area contributed by atoms with Crippen molar-refractivity contribution in [2.75, 3.05) is 6.61 Å². The van der Waals surface area contributed by atoms with E-state index in [9.17, 15) is 5.11 Å². The molecule has 1 aromatic heterocycles. The first kappa shape index (κ1) is 9.65. The molecule has 1 aromatic rings. The van der Waals surface area contributed by atoms with Crippen LogP contribution in [0.15, 0.2) is 6.20 Å². The summed E-state index contributed by atoms with van der Waals surface area (Å²) in [7, 11) is 1.82. The van der Waals surface area contributed by atoms with Crippen LogP contribution in [0, 0.1) is 5.41 Å². The van der Waals surface area contributed by atoms with E-state index in [2.05, 4.69) is 10.2 Å². The summed E-state index contributed by atoms with van der Waals surface area (Å²) in [5, 5.41) is 17.7. The Kier molecular flexibility index (Phi) is 2.54. The molecule has 1 aliphatic rings. The molecular formula is C10H17N3O. The van der Waals surface area contributed by atoms with Crippen molar-refractivity contribution in [3.05, 3.63) is 11.9 Å². The Morgan fingerprint density at radius 1 is 1.50 bits per heavy atom. The summed E-state index contributed by atoms with van der Waals surface area (Å²) < 4.78 is 0. The SMILES string of the molecule is Cn1ncc(CC2(CO)CCCC2)n1. The third-order valence-corrected chi connectivity index (χ3v) is 3.20. The summed E-state index contributed by atoms with van der Waals surface area (Å²) in [6, 6.07) is 0. The van der Waals surface area contributed by atoms with E-state index in [1.165, 1.54) is 12.8 Å². The lowest BCUT2D eigenvalue weighted by molar-refractivity contribution is 0.129. The number of aromatic nitrogens is 3. The average Bonchev–Trinajstić information content (AvgIpc) is 2.77. The lowest BCUT2D eigenvalue weighted by Gasteiger charge is -2.24. The van der Waals surface area contributed by atoms with E-state index in [1.807, 2.05) is 7.05 Å². The summed E-state index contributed by atoms with van der Waals surface area (Å²) >= 11 is 0. The number of hydrogen-bond donors (Lipinski definition) is 1. The van der Waals surface area contributed by atoms with Crippen LogP contribution in [0.5, 0.6) is 0 Å². The van der Waals surface area contributed by atoms with Gasteiger partial charge in [-0.3, -0.25) is 0 Å². The summed E-state index contributed by atoms with van der Waals surface area (Å²) in [6.07, 6.45) is 7.40. The lowest BCUT2D eigenvalue weighted by Crippen LogP contribution is -2.24. The Labute approximate surface area is 83.9 Å². The zero-order chi connectivity index (χ0) is 10.0. The molecule has 1 saturated carbocycles. The van der Waals surface area contributed by atoms with E-state index in [0.29, 0.717) is 0 Å². The minimum atomic E-state index is 0.0933. The van der Waals surface area contributed by atoms with Crippen LogP contribution in [0.25, 0.3) is 0 Å². The molecule has 1 aliphatic carbocycles. The number of aryl methyl sites for hydroxylation is 1. The predicted molar refractivity (Wildman–Crippen MR) is 52.7 cm³/mol. The third-order valence-electron chi connectivity index (χ3n) is 3.20. The maximum absolute atomic E-state index is 9.43. The van der Waals surface area contributed by atoms with E-state index in [-0.39, 0.29) is 12.0 Å². The van der Waals surface area contributed by atoms with Crippen LogP contribution in [-0.2, 0) is 13.5 Å². The van der Waals surface area contributed by atoms with Crippen molar-refractivity contribution in [2.45, 2.75) is 32.1 Å². The fourth-order valence-corrected chi connectivity index (χ4v) is 2.37. The highest BCUT2D eigenvalue weighted by Gasteiger charge is 2.33. The second kappa shape index (κ2) is 3.69. The van der Waals surface area contributed by atoms with Crippen LogP contribution >= 0.6 is 0 Å². The van der Waals surface area contributed by atoms with E-state index >= 15 is 0 Å². The van der Waals surface area contributed by atoms with Gasteiger partial charge in [0.2, 0.25) is 0 Å². The van der Waals surface area contributed by atoms with Crippen molar-refractivity contribution in [1.82, 2.24) is 15.0 Å². The average molecular weight is 195 g/mol. The van der Waals surface area contributed by atoms with Crippen LogP contribution in [0.3, 0.4) is 0 Å². The second-order valence-electron chi connectivity index (χ2n) is 4.37. The van der Waals surface area contributed by atoms with Crippen molar-refractivity contribution in [3.63, 3.8) is 0 Å². The Morgan fingerprint density at radius 3 is 2.71 bits per heavy atom. The highest BCUT2D eigenvalue weighted by molar-refractivity contribution is 5.00. The molecule has 0 aliphatic heterocycles. The number of aliphatic hydroxyl groups is 1. The van der Waals surface area contributed by atoms with Crippen molar-refractivity contribution in [1.29, 1.82) is 0 Å². The molecule has 0 radical (unpaired) electrons. The van der Waals surface area contributed by atoms with Crippen LogP contribution < -0.4 is 0 Å². The van der Waals surface area contributed by atoms with E-state index in [0.717, 1.165) is 25.0 Å². The van der Waals surface area contributed by atoms with Gasteiger partial charge in [0.15, 0.2) is 0 Å². The van der Waals surface area contributed by atoms with Gasteiger partial charge in [-0.25, -0.2) is 0 Å². The summed E-state index contributed by atoms with van der Waals surface area (Å²) in [6.45, 7) is 0.281. The van der Waals surface area contributed by atoms with Gasteiger partial charge >= 0.3 is 0 Å². The van der Waals surface area contributed by atoms with Crippen LogP contribution in [0.1, 0.15) is 31.4 Å². The van der Waals surface area contributed by atoms with Crippen molar-refractivity contribution < 1.29 is 5.11 Å². The predicted octanol–water partition coefficient (Wildman–Crippen LogP) is 0.910. The molecule has 0 unspecified atom stereocenters. The van der Waals surface area contributed by atoms with Gasteiger partial charge in [0.1, 0.15) is 0 Å². The first-order valence-electron chi connectivity index (χ1n) is 5.20. The molecule has 78 valence electrons. The number of aliphatic hydroxyl groups excluding tert-OH is 1. The van der Waals surface area contributed by atoms with Gasteiger partial charge in [-0.15, -0.1) is 0 Å². The quantitative estimate of drug-likeness (QED) is 0.780. The normalized spacial score (nSPS) is 20.1. The van der Waals surface area contributed by atoms with Crippen molar-refractivity contribution in [3.8, 4) is 0 Å². The molecule has 1 N–H and O–H groups in total. The minimum Gasteiger partial charge on any atom is -0.396 e. The maximum atomic E-state index is 9.43. The van der Waals surface area contributed by atoms with Crippen LogP contribution in [0.4, 0.5) is 0 Å². The molecule has 4 nitrogen and oxygen atoms in total. The third kappa shape index (κ3) is 1.80. The van der Waals surface area contributed by atoms with Gasteiger partial charge in [0.25, 0.3) is 0 Å². The van der Waals surface area contributed by atoms with Crippen LogP contribution in [-0.4, -0.2) is 26.7 Å². The number of nitrogens with zero attached hydrogens (tertiary/aromatic N) is 3. The first-order chi connectivity index (χ1) is 6.74. The smallest absolute Gasteiger partial charge is 0.0833 e. The molecule has 1 fully saturated rings. The van der Waals surface area contributed by atoms with Gasteiger partial charge in [0.05, 0.1) is 11.9 Å². The van der Waals surface area contributed by atoms with E-state index < -0.39 is 0 Å². The van der Waals surface area contributed by atoms with Gasteiger partial charge in [0, 0.05) is 20.1 Å². The van der Waals surface area contributed by atoms with Crippen molar-refractivity contribution in [2.24, 2.45) is 12.5 Å². The molecule has 1 heterocycles. The summed E-state index contributed by atoms with van der Waals surface area (Å²) in [4.78, 5) is 1.58. The highest BCUT2D eigenvalue weighted by atomic mass is 16.3. The fraction of sp³-hybridized carbons (Fsp3) is 0.800. The van der Waals surface area contributed by atoms with Gasteiger partial charge in [-0.1, -0.05) is 12.8 Å². The minimum absolute atomic E-state index is 0.0933. The zero-order valence-corrected chi connectivity index (χ0v) is 8.61. The Morgan fingerprint density at radius 2 is 2.21 bits per heavy atom. The molecule has 0 amide bonds. The molecule has 14 heavy (non-hydrogen) atoms. The maximum Gasteiger partial charge on any atom is 0.0833 e. The highest BCUT2D eigenvalue weighted by Crippen LogP contribution is 2.39.